The zero-order chi connectivity index (χ0) is 11.7. The van der Waals surface area contributed by atoms with Gasteiger partial charge >= 0.3 is 0 Å². The SMILES string of the molecule is NCC1(CCCC2CCCO2)CC2CCC1C2. The van der Waals surface area contributed by atoms with Crippen molar-refractivity contribution in [3.05, 3.63) is 0 Å². The Morgan fingerprint density at radius 3 is 2.76 bits per heavy atom. The number of hydrogen-bond acceptors (Lipinski definition) is 2. The lowest BCUT2D eigenvalue weighted by Gasteiger charge is -2.37. The molecule has 4 unspecified atom stereocenters. The Kier molecular flexibility index (Phi) is 3.45. The van der Waals surface area contributed by atoms with Crippen LogP contribution in [0.2, 0.25) is 0 Å². The van der Waals surface area contributed by atoms with E-state index in [9.17, 15) is 0 Å². The molecule has 0 radical (unpaired) electrons. The quantitative estimate of drug-likeness (QED) is 0.797. The molecule has 0 aromatic rings. The van der Waals surface area contributed by atoms with Gasteiger partial charge in [-0.25, -0.2) is 0 Å². The topological polar surface area (TPSA) is 35.2 Å². The molecule has 1 heterocycles. The average Bonchev–Trinajstić information content (AvgIpc) is 3.04. The van der Waals surface area contributed by atoms with Gasteiger partial charge in [-0.2, -0.15) is 0 Å². The van der Waals surface area contributed by atoms with Crippen LogP contribution in [-0.4, -0.2) is 19.3 Å². The van der Waals surface area contributed by atoms with E-state index >= 15 is 0 Å². The van der Waals surface area contributed by atoms with Crippen LogP contribution >= 0.6 is 0 Å². The van der Waals surface area contributed by atoms with Crippen LogP contribution in [0, 0.1) is 17.3 Å². The van der Waals surface area contributed by atoms with Crippen molar-refractivity contribution in [3.63, 3.8) is 0 Å². The highest BCUT2D eigenvalue weighted by Crippen LogP contribution is 2.57. The summed E-state index contributed by atoms with van der Waals surface area (Å²) in [6.07, 6.45) is 13.0. The van der Waals surface area contributed by atoms with E-state index in [-0.39, 0.29) is 0 Å². The molecule has 3 rings (SSSR count). The first-order valence-corrected chi connectivity index (χ1v) is 7.64. The van der Waals surface area contributed by atoms with Crippen LogP contribution in [0.1, 0.15) is 57.8 Å². The highest BCUT2D eigenvalue weighted by Gasteiger charge is 2.49. The summed E-state index contributed by atoms with van der Waals surface area (Å²) in [7, 11) is 0. The van der Waals surface area contributed by atoms with Gasteiger partial charge in [-0.15, -0.1) is 0 Å². The maximum absolute atomic E-state index is 6.12. The van der Waals surface area contributed by atoms with Gasteiger partial charge in [-0.3, -0.25) is 0 Å². The van der Waals surface area contributed by atoms with Crippen molar-refractivity contribution in [3.8, 4) is 0 Å². The van der Waals surface area contributed by atoms with Crippen molar-refractivity contribution in [1.29, 1.82) is 0 Å². The molecule has 2 aliphatic carbocycles. The predicted molar refractivity (Wildman–Crippen MR) is 69.8 cm³/mol. The van der Waals surface area contributed by atoms with E-state index in [1.165, 1.54) is 57.8 Å². The van der Waals surface area contributed by atoms with Gasteiger partial charge in [0.15, 0.2) is 0 Å². The van der Waals surface area contributed by atoms with E-state index in [4.69, 9.17) is 10.5 Å². The Labute approximate surface area is 105 Å². The van der Waals surface area contributed by atoms with Gasteiger partial charge in [0.25, 0.3) is 0 Å². The fraction of sp³-hybridized carbons (Fsp3) is 1.00. The summed E-state index contributed by atoms with van der Waals surface area (Å²) in [5, 5.41) is 0. The lowest BCUT2D eigenvalue weighted by molar-refractivity contribution is 0.0905. The molecule has 2 saturated carbocycles. The first-order valence-electron chi connectivity index (χ1n) is 7.64. The van der Waals surface area contributed by atoms with Crippen LogP contribution in [0.5, 0.6) is 0 Å². The van der Waals surface area contributed by atoms with Gasteiger partial charge in [0.2, 0.25) is 0 Å². The second-order valence-corrected chi connectivity index (χ2v) is 6.67. The molecule has 2 bridgehead atoms. The van der Waals surface area contributed by atoms with E-state index in [1.807, 2.05) is 0 Å². The van der Waals surface area contributed by atoms with Crippen molar-refractivity contribution in [1.82, 2.24) is 0 Å². The highest BCUT2D eigenvalue weighted by molar-refractivity contribution is 5.00. The molecule has 1 saturated heterocycles. The van der Waals surface area contributed by atoms with E-state index in [2.05, 4.69) is 0 Å². The molecule has 17 heavy (non-hydrogen) atoms. The Hall–Kier alpha value is -0.0800. The van der Waals surface area contributed by atoms with Crippen LogP contribution in [0.3, 0.4) is 0 Å². The van der Waals surface area contributed by atoms with Crippen LogP contribution in [-0.2, 0) is 4.74 Å². The molecule has 98 valence electrons. The van der Waals surface area contributed by atoms with Gasteiger partial charge < -0.3 is 10.5 Å². The fourth-order valence-corrected chi connectivity index (χ4v) is 4.77. The second-order valence-electron chi connectivity index (χ2n) is 6.67. The molecule has 2 N–H and O–H groups in total. The van der Waals surface area contributed by atoms with E-state index in [0.29, 0.717) is 11.5 Å². The highest BCUT2D eigenvalue weighted by atomic mass is 16.5. The Morgan fingerprint density at radius 1 is 1.24 bits per heavy atom. The first-order chi connectivity index (χ1) is 8.32. The lowest BCUT2D eigenvalue weighted by Crippen LogP contribution is -2.36. The van der Waals surface area contributed by atoms with Gasteiger partial charge in [0, 0.05) is 6.61 Å². The summed E-state index contributed by atoms with van der Waals surface area (Å²) in [5.74, 6) is 1.98. The van der Waals surface area contributed by atoms with Crippen LogP contribution in [0.4, 0.5) is 0 Å². The maximum Gasteiger partial charge on any atom is 0.0576 e. The third-order valence-electron chi connectivity index (χ3n) is 5.73. The predicted octanol–water partition coefficient (Wildman–Crippen LogP) is 3.10. The van der Waals surface area contributed by atoms with Crippen molar-refractivity contribution >= 4 is 0 Å². The molecule has 2 nitrogen and oxygen atoms in total. The Bertz CT molecular complexity index is 262. The summed E-state index contributed by atoms with van der Waals surface area (Å²) >= 11 is 0. The monoisotopic (exact) mass is 237 g/mol. The van der Waals surface area contributed by atoms with Gasteiger partial charge in [-0.05, 0) is 68.7 Å². The zero-order valence-electron chi connectivity index (χ0n) is 11.0. The molecule has 0 aromatic carbocycles. The number of hydrogen-bond donors (Lipinski definition) is 1. The third-order valence-corrected chi connectivity index (χ3v) is 5.73. The minimum absolute atomic E-state index is 0.529. The summed E-state index contributed by atoms with van der Waals surface area (Å²) < 4.78 is 5.71. The first kappa shape index (κ1) is 12.0. The van der Waals surface area contributed by atoms with E-state index < -0.39 is 0 Å². The normalized spacial score (nSPS) is 44.6. The minimum Gasteiger partial charge on any atom is -0.378 e. The van der Waals surface area contributed by atoms with E-state index in [1.54, 1.807) is 0 Å². The van der Waals surface area contributed by atoms with Gasteiger partial charge in [0.1, 0.15) is 0 Å². The maximum atomic E-state index is 6.12. The number of nitrogens with two attached hydrogens (primary N) is 1. The zero-order valence-corrected chi connectivity index (χ0v) is 11.0. The Morgan fingerprint density at radius 2 is 2.18 bits per heavy atom. The van der Waals surface area contributed by atoms with Crippen molar-refractivity contribution < 1.29 is 4.74 Å². The van der Waals surface area contributed by atoms with Crippen molar-refractivity contribution in [2.45, 2.75) is 63.9 Å². The van der Waals surface area contributed by atoms with Gasteiger partial charge in [0.05, 0.1) is 6.10 Å². The second kappa shape index (κ2) is 4.89. The van der Waals surface area contributed by atoms with Crippen molar-refractivity contribution in [2.75, 3.05) is 13.2 Å². The van der Waals surface area contributed by atoms with Crippen LogP contribution < -0.4 is 5.73 Å². The average molecular weight is 237 g/mol. The standard InChI is InChI=1S/C15H27NO/c16-11-15(10-12-5-6-13(15)9-12)7-1-3-14-4-2-8-17-14/h12-14H,1-11,16H2. The molecule has 0 spiro atoms. The van der Waals surface area contributed by atoms with Crippen molar-refractivity contribution in [2.24, 2.45) is 23.0 Å². The minimum atomic E-state index is 0.529. The fourth-order valence-electron chi connectivity index (χ4n) is 4.77. The molecule has 2 heteroatoms. The number of fused-ring (bicyclic) bond motifs is 2. The third kappa shape index (κ3) is 2.26. The molecule has 4 atom stereocenters. The van der Waals surface area contributed by atoms with Crippen LogP contribution in [0.25, 0.3) is 0 Å². The summed E-state index contributed by atoms with van der Waals surface area (Å²) in [4.78, 5) is 0. The summed E-state index contributed by atoms with van der Waals surface area (Å²) in [6, 6.07) is 0. The molecular weight excluding hydrogens is 210 g/mol. The molecule has 1 aliphatic heterocycles. The molecule has 3 aliphatic rings. The summed E-state index contributed by atoms with van der Waals surface area (Å²) in [5.41, 5.74) is 6.65. The number of rotatable bonds is 5. The molecule has 0 amide bonds. The van der Waals surface area contributed by atoms with Crippen LogP contribution in [0.15, 0.2) is 0 Å². The Balaban J connectivity index is 1.49. The largest absolute Gasteiger partial charge is 0.378 e. The van der Waals surface area contributed by atoms with E-state index in [0.717, 1.165) is 25.0 Å². The summed E-state index contributed by atoms with van der Waals surface area (Å²) in [6.45, 7) is 1.93. The smallest absolute Gasteiger partial charge is 0.0576 e. The molecular formula is C15H27NO. The molecule has 0 aromatic heterocycles. The van der Waals surface area contributed by atoms with Gasteiger partial charge in [-0.1, -0.05) is 12.8 Å². The lowest BCUT2D eigenvalue weighted by atomic mass is 9.70. The number of ether oxygens (including phenoxy) is 1. The molecule has 3 fully saturated rings.